The van der Waals surface area contributed by atoms with Crippen LogP contribution in [-0.2, 0) is 16.2 Å². The number of fused-ring (bicyclic) bond motifs is 1. The molecule has 0 saturated carbocycles. The second-order valence-electron chi connectivity index (χ2n) is 18.8. The van der Waals surface area contributed by atoms with Gasteiger partial charge < -0.3 is 5.11 Å². The molecule has 62 heavy (non-hydrogen) atoms. The van der Waals surface area contributed by atoms with Gasteiger partial charge in [-0.3, -0.25) is 9.55 Å². The van der Waals surface area contributed by atoms with Gasteiger partial charge in [-0.2, -0.15) is 0 Å². The second kappa shape index (κ2) is 15.9. The number of para-hydroxylation sites is 1. The average Bonchev–Trinajstić information content (AvgIpc) is 3.66. The Hall–Kier alpha value is -6.26. The molecule has 2 heterocycles. The molecule has 0 aliphatic rings. The first-order valence-electron chi connectivity index (χ1n) is 26.1. The Kier molecular flexibility index (Phi) is 8.09. The van der Waals surface area contributed by atoms with Gasteiger partial charge in [-0.05, 0) is 117 Å². The molecule has 6 aromatic carbocycles. The summed E-state index contributed by atoms with van der Waals surface area (Å²) < 4.78 is 90.2. The highest BCUT2D eigenvalue weighted by atomic mass is 16.3. The van der Waals surface area contributed by atoms with Crippen molar-refractivity contribution in [3.05, 3.63) is 167 Å². The first-order chi connectivity index (χ1) is 33.3. The number of rotatable bonds is 7. The molecule has 0 saturated heterocycles. The van der Waals surface area contributed by atoms with E-state index in [1.165, 1.54) is 12.1 Å². The van der Waals surface area contributed by atoms with E-state index in [0.717, 1.165) is 38.9 Å². The molecule has 0 aliphatic carbocycles. The van der Waals surface area contributed by atoms with E-state index in [1.807, 2.05) is 155 Å². The number of hydrogen-bond donors (Lipinski definition) is 1. The van der Waals surface area contributed by atoms with Gasteiger partial charge in [0.05, 0.1) is 28.0 Å². The Morgan fingerprint density at radius 2 is 1.29 bits per heavy atom. The lowest BCUT2D eigenvalue weighted by atomic mass is 9.79. The molecule has 0 spiro atoms. The molecule has 0 unspecified atom stereocenters. The van der Waals surface area contributed by atoms with Crippen LogP contribution in [0.25, 0.3) is 72.7 Å². The fraction of sp³-hybridized carbons (Fsp3) is 0.276. The highest BCUT2D eigenvalue weighted by molar-refractivity contribution is 5.98. The van der Waals surface area contributed by atoms with Gasteiger partial charge in [0.15, 0.2) is 0 Å². The van der Waals surface area contributed by atoms with E-state index in [4.69, 9.17) is 23.7 Å². The molecular formula is C58H61N3O. The summed E-state index contributed by atoms with van der Waals surface area (Å²) in [5, 5.41) is 12.6. The van der Waals surface area contributed by atoms with Crippen molar-refractivity contribution in [3.8, 4) is 67.5 Å². The quantitative estimate of drug-likeness (QED) is 0.174. The van der Waals surface area contributed by atoms with Crippen molar-refractivity contribution in [1.82, 2.24) is 14.5 Å². The van der Waals surface area contributed by atoms with Crippen molar-refractivity contribution < 1.29 is 18.8 Å². The van der Waals surface area contributed by atoms with Crippen LogP contribution in [0.15, 0.2) is 140 Å². The summed E-state index contributed by atoms with van der Waals surface area (Å²) in [6, 6.07) is 41.3. The summed E-state index contributed by atoms with van der Waals surface area (Å²) in [7, 11) is 0. The summed E-state index contributed by atoms with van der Waals surface area (Å²) in [4.78, 5) is 10.2. The van der Waals surface area contributed by atoms with E-state index < -0.39 is 42.8 Å². The molecule has 0 aliphatic heterocycles. The number of nitrogens with zero attached hydrogens (tertiary/aromatic N) is 3. The van der Waals surface area contributed by atoms with Crippen molar-refractivity contribution >= 4 is 11.0 Å². The van der Waals surface area contributed by atoms with Crippen LogP contribution in [0.2, 0.25) is 0 Å². The highest BCUT2D eigenvalue weighted by Gasteiger charge is 2.29. The minimum Gasteiger partial charge on any atom is -0.507 e. The third-order valence-electron chi connectivity index (χ3n) is 11.7. The van der Waals surface area contributed by atoms with Crippen molar-refractivity contribution in [2.45, 2.75) is 105 Å². The van der Waals surface area contributed by atoms with E-state index in [1.54, 1.807) is 18.3 Å². The first-order valence-corrected chi connectivity index (χ1v) is 21.1. The highest BCUT2D eigenvalue weighted by Crippen LogP contribution is 2.46. The zero-order valence-electron chi connectivity index (χ0n) is 47.1. The Morgan fingerprint density at radius 3 is 1.98 bits per heavy atom. The minimum atomic E-state index is -3.55. The maximum Gasteiger partial charge on any atom is 0.149 e. The normalized spacial score (nSPS) is 15.6. The van der Waals surface area contributed by atoms with E-state index in [-0.39, 0.29) is 11.2 Å². The fourth-order valence-corrected chi connectivity index (χ4v) is 8.20. The SMILES string of the molecule is [2H]C(C)(C)c1ccc(-n2c(-c3cc(C(C)(C)C)cc(C(C)(C)C)c3O)nc3c(-c4cc(-c5cc(-c6cccc(C)c6)ccn5)cc(C(C([2H])([2H])[2H])(C([2H])([2H])[2H])C([2H])([2H])[2H])c4)cccc32)c(-c2ccccc2)c1. The standard InChI is InChI=1S/C58H61N3O/c1-36(2)39-24-25-51(47(32-39)38-19-14-13-15-20-38)61-52-23-17-22-46(53(52)60-55(61)48-34-45(57(7,8)9)35-49(54(48)62)58(10,11)12)42-29-43(31-44(30-42)56(4,5)6)50-33-41(26-27-59-50)40-21-16-18-37(3)28-40/h13-36,62H,1-12H3/i4D3,5D3,6D3,36D. The second-order valence-corrected chi connectivity index (χ2v) is 18.8. The number of phenolic OH excluding ortho intramolecular Hbond substituents is 1. The van der Waals surface area contributed by atoms with Crippen LogP contribution < -0.4 is 0 Å². The predicted molar refractivity (Wildman–Crippen MR) is 263 cm³/mol. The largest absolute Gasteiger partial charge is 0.507 e. The van der Waals surface area contributed by atoms with Crippen LogP contribution in [0.3, 0.4) is 0 Å². The van der Waals surface area contributed by atoms with Crippen LogP contribution in [0.4, 0.5) is 0 Å². The molecule has 4 nitrogen and oxygen atoms in total. The topological polar surface area (TPSA) is 50.9 Å². The lowest BCUT2D eigenvalue weighted by molar-refractivity contribution is 0.446. The van der Waals surface area contributed by atoms with Crippen LogP contribution in [0.5, 0.6) is 5.75 Å². The van der Waals surface area contributed by atoms with Crippen LogP contribution in [0.1, 0.15) is 123 Å². The molecule has 0 radical (unpaired) electrons. The zero-order chi connectivity index (χ0) is 52.7. The lowest BCUT2D eigenvalue weighted by Gasteiger charge is -2.27. The Balaban J connectivity index is 1.54. The summed E-state index contributed by atoms with van der Waals surface area (Å²) in [6.45, 7) is 7.46. The van der Waals surface area contributed by atoms with E-state index in [9.17, 15) is 5.11 Å². The number of benzene rings is 6. The maximum absolute atomic E-state index is 12.6. The number of phenols is 1. The molecule has 8 rings (SSSR count). The van der Waals surface area contributed by atoms with Gasteiger partial charge >= 0.3 is 0 Å². The smallest absolute Gasteiger partial charge is 0.149 e. The first kappa shape index (κ1) is 31.6. The molecule has 1 N–H and O–H groups in total. The van der Waals surface area contributed by atoms with Gasteiger partial charge in [0.2, 0.25) is 0 Å². The van der Waals surface area contributed by atoms with E-state index >= 15 is 0 Å². The average molecular weight is 826 g/mol. The Labute approximate surface area is 383 Å². The van der Waals surface area contributed by atoms with Crippen molar-refractivity contribution in [2.24, 2.45) is 0 Å². The molecule has 0 fully saturated rings. The lowest BCUT2D eigenvalue weighted by Crippen LogP contribution is -2.17. The van der Waals surface area contributed by atoms with Gasteiger partial charge in [0, 0.05) is 42.2 Å². The zero-order valence-corrected chi connectivity index (χ0v) is 37.1. The minimum absolute atomic E-state index is 0.0421. The van der Waals surface area contributed by atoms with Gasteiger partial charge in [-0.25, -0.2) is 4.98 Å². The molecular weight excluding hydrogens is 755 g/mol. The molecule has 314 valence electrons. The van der Waals surface area contributed by atoms with Crippen molar-refractivity contribution in [2.75, 3.05) is 0 Å². The van der Waals surface area contributed by atoms with E-state index in [0.29, 0.717) is 56.1 Å². The Morgan fingerprint density at radius 1 is 0.597 bits per heavy atom. The summed E-state index contributed by atoms with van der Waals surface area (Å²) >= 11 is 0. The van der Waals surface area contributed by atoms with Gasteiger partial charge in [0.25, 0.3) is 0 Å². The summed E-state index contributed by atoms with van der Waals surface area (Å²) in [6.07, 6.45) is 1.61. The number of hydrogen-bond acceptors (Lipinski definition) is 3. The molecule has 0 bridgehead atoms. The van der Waals surface area contributed by atoms with Crippen LogP contribution in [-0.4, -0.2) is 19.6 Å². The molecule has 2 aromatic heterocycles. The van der Waals surface area contributed by atoms with Crippen molar-refractivity contribution in [1.29, 1.82) is 0 Å². The summed E-state index contributed by atoms with van der Waals surface area (Å²) in [5.74, 6) is -0.534. The molecule has 4 heteroatoms. The van der Waals surface area contributed by atoms with Crippen LogP contribution >= 0.6 is 0 Å². The molecule has 8 aromatic rings. The number of aromatic hydroxyl groups is 1. The predicted octanol–water partition coefficient (Wildman–Crippen LogP) is 15.8. The number of imidazole rings is 1. The molecule has 0 atom stereocenters. The fourth-order valence-electron chi connectivity index (χ4n) is 8.20. The number of pyridine rings is 1. The van der Waals surface area contributed by atoms with Gasteiger partial charge in [-0.1, -0.05) is 166 Å². The third-order valence-corrected chi connectivity index (χ3v) is 11.7. The number of aromatic nitrogens is 3. The van der Waals surface area contributed by atoms with Gasteiger partial charge in [0.1, 0.15) is 11.6 Å². The van der Waals surface area contributed by atoms with E-state index in [2.05, 4.69) is 20.8 Å². The maximum atomic E-state index is 12.6. The number of aryl methyl sites for hydroxylation is 1. The monoisotopic (exact) mass is 826 g/mol. The molecule has 0 amide bonds. The van der Waals surface area contributed by atoms with Gasteiger partial charge in [-0.15, -0.1) is 0 Å². The Bertz CT molecular complexity index is 3310. The van der Waals surface area contributed by atoms with Crippen LogP contribution in [0, 0.1) is 6.92 Å². The summed E-state index contributed by atoms with van der Waals surface area (Å²) in [5.41, 5.74) is 5.71. The third kappa shape index (κ3) is 8.23. The van der Waals surface area contributed by atoms with Crippen molar-refractivity contribution in [3.63, 3.8) is 0 Å².